The number of halogens is 1. The molecule has 0 saturated heterocycles. The minimum atomic E-state index is -0.116. The van der Waals surface area contributed by atoms with Gasteiger partial charge in [0.15, 0.2) is 6.61 Å². The Kier molecular flexibility index (Phi) is 5.93. The van der Waals surface area contributed by atoms with Gasteiger partial charge >= 0.3 is 0 Å². The number of nitrogens with one attached hydrogen (secondary N) is 1. The van der Waals surface area contributed by atoms with Gasteiger partial charge < -0.3 is 15.0 Å². The topological polar surface area (TPSA) is 58.6 Å². The maximum atomic E-state index is 12.6. The fourth-order valence-corrected chi connectivity index (χ4v) is 2.93. The Bertz CT molecular complexity index is 771. The van der Waals surface area contributed by atoms with Gasteiger partial charge in [0.05, 0.1) is 0 Å². The van der Waals surface area contributed by atoms with Crippen LogP contribution in [-0.4, -0.2) is 36.4 Å². The summed E-state index contributed by atoms with van der Waals surface area (Å²) >= 11 is 3.38. The molecule has 1 aliphatic rings. The van der Waals surface area contributed by atoms with Crippen molar-refractivity contribution in [2.45, 2.75) is 25.4 Å². The van der Waals surface area contributed by atoms with Crippen LogP contribution >= 0.6 is 15.9 Å². The average molecular weight is 417 g/mol. The molecule has 2 amide bonds. The predicted octanol–water partition coefficient (Wildman–Crippen LogP) is 3.38. The Morgan fingerprint density at radius 1 is 1.12 bits per heavy atom. The molecule has 0 aliphatic heterocycles. The first kappa shape index (κ1) is 18.5. The maximum Gasteiger partial charge on any atom is 0.261 e. The van der Waals surface area contributed by atoms with Crippen molar-refractivity contribution in [2.75, 3.05) is 13.7 Å². The van der Waals surface area contributed by atoms with E-state index in [4.69, 9.17) is 4.74 Å². The number of carbonyl (C=O) groups is 2. The highest BCUT2D eigenvalue weighted by Gasteiger charge is 2.32. The Morgan fingerprint density at radius 2 is 1.77 bits per heavy atom. The minimum Gasteiger partial charge on any atom is -0.484 e. The van der Waals surface area contributed by atoms with Crippen LogP contribution < -0.4 is 10.1 Å². The van der Waals surface area contributed by atoms with E-state index in [1.807, 2.05) is 41.3 Å². The van der Waals surface area contributed by atoms with Crippen LogP contribution in [0, 0.1) is 0 Å². The third-order valence-electron chi connectivity index (χ3n) is 4.28. The molecule has 136 valence electrons. The summed E-state index contributed by atoms with van der Waals surface area (Å²) in [5, 5.41) is 2.60. The molecule has 26 heavy (non-hydrogen) atoms. The largest absolute Gasteiger partial charge is 0.484 e. The van der Waals surface area contributed by atoms with E-state index < -0.39 is 0 Å². The molecule has 1 fully saturated rings. The third-order valence-corrected chi connectivity index (χ3v) is 4.81. The third kappa shape index (κ3) is 4.85. The molecule has 0 radical (unpaired) electrons. The average Bonchev–Trinajstić information content (AvgIpc) is 3.50. The lowest BCUT2D eigenvalue weighted by Gasteiger charge is -2.23. The molecule has 3 rings (SSSR count). The summed E-state index contributed by atoms with van der Waals surface area (Å²) in [5.74, 6) is 0.535. The summed E-state index contributed by atoms with van der Waals surface area (Å²) < 4.78 is 6.59. The quantitative estimate of drug-likeness (QED) is 0.752. The van der Waals surface area contributed by atoms with Gasteiger partial charge in [-0.05, 0) is 54.8 Å². The zero-order chi connectivity index (χ0) is 18.5. The number of amides is 2. The Balaban J connectivity index is 1.60. The second-order valence-corrected chi connectivity index (χ2v) is 7.19. The SMILES string of the molecule is CNC(=O)c1ccc(CN(C(=O)COc2ccc(Br)cc2)C2CC2)cc1. The van der Waals surface area contributed by atoms with E-state index in [1.165, 1.54) is 0 Å². The molecule has 6 heteroatoms. The van der Waals surface area contributed by atoms with Crippen LogP contribution in [-0.2, 0) is 11.3 Å². The van der Waals surface area contributed by atoms with Gasteiger partial charge in [-0.15, -0.1) is 0 Å². The summed E-state index contributed by atoms with van der Waals surface area (Å²) in [6, 6.07) is 15.1. The second kappa shape index (κ2) is 8.36. The monoisotopic (exact) mass is 416 g/mol. The molecule has 1 aliphatic carbocycles. The number of nitrogens with zero attached hydrogens (tertiary/aromatic N) is 1. The van der Waals surface area contributed by atoms with Crippen LogP contribution in [0.5, 0.6) is 5.75 Å². The fraction of sp³-hybridized carbons (Fsp3) is 0.300. The summed E-state index contributed by atoms with van der Waals surface area (Å²) in [5.41, 5.74) is 1.61. The van der Waals surface area contributed by atoms with Gasteiger partial charge in [-0.25, -0.2) is 0 Å². The zero-order valence-corrected chi connectivity index (χ0v) is 16.2. The standard InChI is InChI=1S/C20H21BrN2O3/c1-22-20(25)15-4-2-14(3-5-15)12-23(17-8-9-17)19(24)13-26-18-10-6-16(21)7-11-18/h2-7,10-11,17H,8-9,12-13H2,1H3,(H,22,25). The number of hydrogen-bond acceptors (Lipinski definition) is 3. The first-order valence-electron chi connectivity index (χ1n) is 8.55. The van der Waals surface area contributed by atoms with E-state index in [2.05, 4.69) is 21.2 Å². The van der Waals surface area contributed by atoms with Gasteiger partial charge in [0.1, 0.15) is 5.75 Å². The van der Waals surface area contributed by atoms with E-state index >= 15 is 0 Å². The van der Waals surface area contributed by atoms with Crippen molar-refractivity contribution < 1.29 is 14.3 Å². The number of ether oxygens (including phenoxy) is 1. The zero-order valence-electron chi connectivity index (χ0n) is 14.6. The van der Waals surface area contributed by atoms with E-state index in [9.17, 15) is 9.59 Å². The first-order chi connectivity index (χ1) is 12.6. The highest BCUT2D eigenvalue weighted by molar-refractivity contribution is 9.10. The van der Waals surface area contributed by atoms with Crippen molar-refractivity contribution in [2.24, 2.45) is 0 Å². The molecule has 0 aromatic heterocycles. The number of benzene rings is 2. The molecule has 1 N–H and O–H groups in total. The van der Waals surface area contributed by atoms with Crippen LogP contribution in [0.1, 0.15) is 28.8 Å². The van der Waals surface area contributed by atoms with Gasteiger partial charge in [-0.2, -0.15) is 0 Å². The van der Waals surface area contributed by atoms with E-state index in [-0.39, 0.29) is 24.5 Å². The van der Waals surface area contributed by atoms with E-state index in [0.29, 0.717) is 17.9 Å². The Hall–Kier alpha value is -2.34. The molecular weight excluding hydrogens is 396 g/mol. The summed E-state index contributed by atoms with van der Waals surface area (Å²) in [7, 11) is 1.61. The van der Waals surface area contributed by atoms with Crippen LogP contribution in [0.3, 0.4) is 0 Å². The molecule has 0 heterocycles. The highest BCUT2D eigenvalue weighted by Crippen LogP contribution is 2.28. The highest BCUT2D eigenvalue weighted by atomic mass is 79.9. The molecule has 5 nitrogen and oxygen atoms in total. The number of carbonyl (C=O) groups excluding carboxylic acids is 2. The van der Waals surface area contributed by atoms with Gasteiger partial charge in [-0.1, -0.05) is 28.1 Å². The molecule has 0 unspecified atom stereocenters. The predicted molar refractivity (Wildman–Crippen MR) is 103 cm³/mol. The number of hydrogen-bond donors (Lipinski definition) is 1. The van der Waals surface area contributed by atoms with Gasteiger partial charge in [0.25, 0.3) is 11.8 Å². The Morgan fingerprint density at radius 3 is 2.35 bits per heavy atom. The lowest BCUT2D eigenvalue weighted by Crippen LogP contribution is -2.36. The normalized spacial score (nSPS) is 13.2. The first-order valence-corrected chi connectivity index (χ1v) is 9.35. The molecule has 2 aromatic carbocycles. The van der Waals surface area contributed by atoms with E-state index in [0.717, 1.165) is 22.9 Å². The van der Waals surface area contributed by atoms with Crippen LogP contribution in [0.25, 0.3) is 0 Å². The van der Waals surface area contributed by atoms with Crippen molar-refractivity contribution in [1.82, 2.24) is 10.2 Å². The summed E-state index contributed by atoms with van der Waals surface area (Å²) in [4.78, 5) is 26.1. The summed E-state index contributed by atoms with van der Waals surface area (Å²) in [6.07, 6.45) is 2.06. The van der Waals surface area contributed by atoms with E-state index in [1.54, 1.807) is 19.2 Å². The number of rotatable bonds is 7. The van der Waals surface area contributed by atoms with Crippen molar-refractivity contribution in [3.63, 3.8) is 0 Å². The molecule has 0 spiro atoms. The minimum absolute atomic E-state index is 0.0223. The van der Waals surface area contributed by atoms with Crippen LogP contribution in [0.2, 0.25) is 0 Å². The Labute approximate surface area is 161 Å². The van der Waals surface area contributed by atoms with Crippen molar-refractivity contribution >= 4 is 27.7 Å². The fourth-order valence-electron chi connectivity index (χ4n) is 2.67. The second-order valence-electron chi connectivity index (χ2n) is 6.27. The van der Waals surface area contributed by atoms with Crippen molar-refractivity contribution in [3.05, 3.63) is 64.1 Å². The van der Waals surface area contributed by atoms with Gasteiger partial charge in [0, 0.05) is 29.7 Å². The van der Waals surface area contributed by atoms with Gasteiger partial charge in [0.2, 0.25) is 0 Å². The molecule has 1 saturated carbocycles. The molecular formula is C20H21BrN2O3. The van der Waals surface area contributed by atoms with Crippen LogP contribution in [0.15, 0.2) is 53.0 Å². The van der Waals surface area contributed by atoms with Crippen molar-refractivity contribution in [3.8, 4) is 5.75 Å². The maximum absolute atomic E-state index is 12.6. The van der Waals surface area contributed by atoms with Crippen LogP contribution in [0.4, 0.5) is 0 Å². The lowest BCUT2D eigenvalue weighted by atomic mass is 10.1. The molecule has 2 aromatic rings. The molecule has 0 atom stereocenters. The lowest BCUT2D eigenvalue weighted by molar-refractivity contribution is -0.134. The summed E-state index contributed by atoms with van der Waals surface area (Å²) in [6.45, 7) is 0.551. The molecule has 0 bridgehead atoms. The smallest absolute Gasteiger partial charge is 0.261 e. The van der Waals surface area contributed by atoms with Gasteiger partial charge in [-0.3, -0.25) is 9.59 Å². The van der Waals surface area contributed by atoms with Crippen molar-refractivity contribution in [1.29, 1.82) is 0 Å².